The standard InChI is InChI=1S/C25H18F5NO3.Na.H/c26-17-7-4-14(5-8-17)13-34-23-20(11-16(12-31-23)25(28,29)30)19-3-1-2-18(19)15-6-9-22(27)21(10-15)24(32)33;;/h4-12H,1-3,13H2,(H,32,33);;. The minimum atomic E-state index is -4.64. The zero-order valence-corrected chi connectivity index (χ0v) is 17.6. The van der Waals surface area contributed by atoms with Crippen molar-refractivity contribution in [2.45, 2.75) is 32.0 Å². The molecule has 2 aromatic carbocycles. The number of carboxylic acids is 1. The van der Waals surface area contributed by atoms with Crippen LogP contribution in [0.5, 0.6) is 5.88 Å². The number of rotatable bonds is 6. The second kappa shape index (κ2) is 10.9. The summed E-state index contributed by atoms with van der Waals surface area (Å²) < 4.78 is 73.1. The molecule has 0 bridgehead atoms. The van der Waals surface area contributed by atoms with Crippen molar-refractivity contribution >= 4 is 46.7 Å². The van der Waals surface area contributed by atoms with Crippen molar-refractivity contribution < 1.29 is 36.6 Å². The Morgan fingerprint density at radius 2 is 1.69 bits per heavy atom. The van der Waals surface area contributed by atoms with Gasteiger partial charge in [-0.05, 0) is 71.9 Å². The summed E-state index contributed by atoms with van der Waals surface area (Å²) in [6.45, 7) is -0.0477. The van der Waals surface area contributed by atoms with Crippen molar-refractivity contribution in [1.29, 1.82) is 0 Å². The van der Waals surface area contributed by atoms with Gasteiger partial charge in [-0.15, -0.1) is 0 Å². The van der Waals surface area contributed by atoms with Crippen LogP contribution in [0.25, 0.3) is 11.1 Å². The molecule has 1 aliphatic carbocycles. The van der Waals surface area contributed by atoms with Crippen LogP contribution in [0.1, 0.15) is 51.9 Å². The van der Waals surface area contributed by atoms with Gasteiger partial charge >= 0.3 is 41.7 Å². The molecular weight excluding hydrogens is 480 g/mol. The number of pyridine rings is 1. The summed E-state index contributed by atoms with van der Waals surface area (Å²) in [6, 6.07) is 10.0. The summed E-state index contributed by atoms with van der Waals surface area (Å²) in [4.78, 5) is 15.3. The van der Waals surface area contributed by atoms with Gasteiger partial charge < -0.3 is 9.84 Å². The fourth-order valence-electron chi connectivity index (χ4n) is 3.91. The van der Waals surface area contributed by atoms with Crippen molar-refractivity contribution in [3.8, 4) is 5.88 Å². The molecule has 3 aromatic rings. The third-order valence-corrected chi connectivity index (χ3v) is 5.56. The van der Waals surface area contributed by atoms with E-state index in [0.29, 0.717) is 47.7 Å². The van der Waals surface area contributed by atoms with Crippen LogP contribution in [-0.4, -0.2) is 45.6 Å². The summed E-state index contributed by atoms with van der Waals surface area (Å²) in [5.74, 6) is -2.81. The zero-order valence-electron chi connectivity index (χ0n) is 17.6. The van der Waals surface area contributed by atoms with E-state index in [2.05, 4.69) is 4.98 Å². The molecular formula is C25H19F5NNaO3. The van der Waals surface area contributed by atoms with Gasteiger partial charge in [0.15, 0.2) is 0 Å². The van der Waals surface area contributed by atoms with Gasteiger partial charge in [-0.3, -0.25) is 0 Å². The average molecular weight is 499 g/mol. The van der Waals surface area contributed by atoms with Crippen molar-refractivity contribution in [3.63, 3.8) is 0 Å². The van der Waals surface area contributed by atoms with Crippen molar-refractivity contribution in [1.82, 2.24) is 4.98 Å². The predicted molar refractivity (Wildman–Crippen MR) is 121 cm³/mol. The molecule has 0 spiro atoms. The van der Waals surface area contributed by atoms with Gasteiger partial charge in [0.25, 0.3) is 0 Å². The second-order valence-electron chi connectivity index (χ2n) is 7.80. The van der Waals surface area contributed by atoms with E-state index in [0.717, 1.165) is 12.1 Å². The third-order valence-electron chi connectivity index (χ3n) is 5.56. The number of hydrogen-bond donors (Lipinski definition) is 1. The number of halogens is 5. The minimum absolute atomic E-state index is 0. The van der Waals surface area contributed by atoms with E-state index < -0.39 is 34.9 Å². The molecule has 0 saturated carbocycles. The topological polar surface area (TPSA) is 59.4 Å². The Hall–Kier alpha value is -2.75. The first-order chi connectivity index (χ1) is 16.1. The van der Waals surface area contributed by atoms with Gasteiger partial charge in [0.05, 0.1) is 11.1 Å². The van der Waals surface area contributed by atoms with E-state index in [1.165, 1.54) is 36.4 Å². The monoisotopic (exact) mass is 499 g/mol. The van der Waals surface area contributed by atoms with Crippen LogP contribution in [0, 0.1) is 11.6 Å². The molecule has 10 heteroatoms. The number of allylic oxidation sites excluding steroid dienone is 2. The summed E-state index contributed by atoms with van der Waals surface area (Å²) in [5, 5.41) is 9.25. The second-order valence-corrected chi connectivity index (χ2v) is 7.80. The molecule has 1 aliphatic rings. The van der Waals surface area contributed by atoms with Crippen molar-refractivity contribution in [2.24, 2.45) is 0 Å². The SMILES string of the molecule is O=C(O)c1cc(C2=C(c3cc(C(F)(F)F)cnc3OCc3ccc(F)cc3)CCC2)ccc1F.[NaH]. The third kappa shape index (κ3) is 6.09. The van der Waals surface area contributed by atoms with E-state index in [-0.39, 0.29) is 47.6 Å². The maximum absolute atomic E-state index is 13.9. The van der Waals surface area contributed by atoms with Crippen molar-refractivity contribution in [2.75, 3.05) is 0 Å². The van der Waals surface area contributed by atoms with Crippen LogP contribution in [0.15, 0.2) is 54.7 Å². The molecule has 1 N–H and O–H groups in total. The van der Waals surface area contributed by atoms with Crippen LogP contribution in [0.4, 0.5) is 22.0 Å². The molecule has 0 amide bonds. The Kier molecular flexibility index (Phi) is 8.35. The summed E-state index contributed by atoms with van der Waals surface area (Å²) >= 11 is 0. The molecule has 0 unspecified atom stereocenters. The van der Waals surface area contributed by atoms with Crippen LogP contribution in [0.3, 0.4) is 0 Å². The molecule has 4 rings (SSSR count). The number of alkyl halides is 3. The Morgan fingerprint density at radius 1 is 1.00 bits per heavy atom. The van der Waals surface area contributed by atoms with Crippen LogP contribution in [-0.2, 0) is 12.8 Å². The molecule has 0 radical (unpaired) electrons. The number of hydrogen-bond acceptors (Lipinski definition) is 3. The Morgan fingerprint density at radius 3 is 2.34 bits per heavy atom. The fraction of sp³-hybridized carbons (Fsp3) is 0.200. The van der Waals surface area contributed by atoms with E-state index in [1.54, 1.807) is 0 Å². The molecule has 4 nitrogen and oxygen atoms in total. The first-order valence-electron chi connectivity index (χ1n) is 10.3. The number of carboxylic acid groups (broad SMARTS) is 1. The van der Waals surface area contributed by atoms with Gasteiger partial charge in [0, 0.05) is 11.8 Å². The van der Waals surface area contributed by atoms with E-state index in [9.17, 15) is 31.9 Å². The number of ether oxygens (including phenoxy) is 1. The molecule has 35 heavy (non-hydrogen) atoms. The fourth-order valence-corrected chi connectivity index (χ4v) is 3.91. The number of aromatic nitrogens is 1. The van der Waals surface area contributed by atoms with E-state index in [4.69, 9.17) is 4.74 Å². The van der Waals surface area contributed by atoms with Crippen LogP contribution >= 0.6 is 0 Å². The molecule has 0 aliphatic heterocycles. The number of carbonyl (C=O) groups is 1. The van der Waals surface area contributed by atoms with Crippen LogP contribution < -0.4 is 4.74 Å². The van der Waals surface area contributed by atoms with E-state index in [1.807, 2.05) is 0 Å². The Balaban J connectivity index is 0.00000342. The number of aromatic carboxylic acids is 1. The zero-order chi connectivity index (χ0) is 24.5. The summed E-state index contributed by atoms with van der Waals surface area (Å²) in [5.41, 5.74) is 0.788. The van der Waals surface area contributed by atoms with Gasteiger partial charge in [-0.25, -0.2) is 18.6 Å². The quantitative estimate of drug-likeness (QED) is 0.329. The molecule has 178 valence electrons. The van der Waals surface area contributed by atoms with Gasteiger partial charge in [-0.2, -0.15) is 13.2 Å². The first-order valence-corrected chi connectivity index (χ1v) is 10.3. The molecule has 0 fully saturated rings. The predicted octanol–water partition coefficient (Wildman–Crippen LogP) is 6.10. The number of benzene rings is 2. The van der Waals surface area contributed by atoms with E-state index >= 15 is 0 Å². The van der Waals surface area contributed by atoms with Crippen molar-refractivity contribution in [3.05, 3.63) is 94.2 Å². The van der Waals surface area contributed by atoms with Gasteiger partial charge in [-0.1, -0.05) is 18.2 Å². The Bertz CT molecular complexity index is 1270. The maximum atomic E-state index is 13.9. The molecule has 0 saturated heterocycles. The average Bonchev–Trinajstić information content (AvgIpc) is 3.28. The summed E-state index contributed by atoms with van der Waals surface area (Å²) in [6.07, 6.45) is -2.47. The number of nitrogens with zero attached hydrogens (tertiary/aromatic N) is 1. The summed E-state index contributed by atoms with van der Waals surface area (Å²) in [7, 11) is 0. The van der Waals surface area contributed by atoms with Crippen LogP contribution in [0.2, 0.25) is 0 Å². The molecule has 1 heterocycles. The molecule has 0 atom stereocenters. The van der Waals surface area contributed by atoms with Gasteiger partial charge in [0.2, 0.25) is 5.88 Å². The first kappa shape index (κ1) is 26.8. The Labute approximate surface area is 219 Å². The van der Waals surface area contributed by atoms with Gasteiger partial charge in [0.1, 0.15) is 18.2 Å². The molecule has 1 aromatic heterocycles. The normalized spacial score (nSPS) is 13.5.